The number of Topliss-reactive ketones (excluding diaryl/α,β-unsaturated/α-hetero) is 1. The van der Waals surface area contributed by atoms with E-state index in [2.05, 4.69) is 127 Å². The number of ketones is 1. The summed E-state index contributed by atoms with van der Waals surface area (Å²) in [5.41, 5.74) is 2.92. The molecule has 170 valence electrons. The second-order valence-electron chi connectivity index (χ2n) is 8.52. The van der Waals surface area contributed by atoms with Gasteiger partial charge < -0.3 is 0 Å². The molecule has 0 radical (unpaired) electrons. The molecule has 5 aromatic carbocycles. The molecule has 5 aromatic rings. The van der Waals surface area contributed by atoms with Crippen LogP contribution in [0.2, 0.25) is 0 Å². The molecule has 2 heteroatoms. The fourth-order valence-electron chi connectivity index (χ4n) is 4.97. The number of rotatable bonds is 7. The van der Waals surface area contributed by atoms with E-state index in [1.165, 1.54) is 21.2 Å². The van der Waals surface area contributed by atoms with E-state index in [-0.39, 0.29) is 5.78 Å². The van der Waals surface area contributed by atoms with Gasteiger partial charge in [0.25, 0.3) is 0 Å². The summed E-state index contributed by atoms with van der Waals surface area (Å²) >= 11 is 0. The number of benzene rings is 5. The SMILES string of the molecule is CCC(=O)c1cccc([P+](c2ccccc2)(c2ccccc2)c2ccccc2)c1-c1ccccc1. The molecule has 0 aromatic heterocycles. The van der Waals surface area contributed by atoms with E-state index in [0.29, 0.717) is 6.42 Å². The van der Waals surface area contributed by atoms with Gasteiger partial charge in [-0.25, -0.2) is 0 Å². The summed E-state index contributed by atoms with van der Waals surface area (Å²) in [4.78, 5) is 13.3. The van der Waals surface area contributed by atoms with Crippen molar-refractivity contribution in [2.45, 2.75) is 13.3 Å². The first-order chi connectivity index (χ1) is 17.3. The lowest BCUT2D eigenvalue weighted by Gasteiger charge is -2.30. The molecule has 1 nitrogen and oxygen atoms in total. The molecule has 0 atom stereocenters. The van der Waals surface area contributed by atoms with Gasteiger partial charge >= 0.3 is 0 Å². The largest absolute Gasteiger partial charge is 0.294 e. The molecule has 35 heavy (non-hydrogen) atoms. The van der Waals surface area contributed by atoms with Crippen LogP contribution in [0, 0.1) is 0 Å². The van der Waals surface area contributed by atoms with E-state index >= 15 is 0 Å². The van der Waals surface area contributed by atoms with E-state index in [1.54, 1.807) is 0 Å². The minimum Gasteiger partial charge on any atom is -0.294 e. The Kier molecular flexibility index (Phi) is 6.70. The Bertz CT molecular complexity index is 1320. The maximum absolute atomic E-state index is 13.3. The Hall–Kier alpha value is -3.80. The van der Waals surface area contributed by atoms with Gasteiger partial charge in [0.1, 0.15) is 28.5 Å². The highest BCUT2D eigenvalue weighted by molar-refractivity contribution is 8.01. The first-order valence-corrected chi connectivity index (χ1v) is 13.8. The van der Waals surface area contributed by atoms with Crippen molar-refractivity contribution in [1.82, 2.24) is 0 Å². The van der Waals surface area contributed by atoms with Crippen molar-refractivity contribution in [3.8, 4) is 11.1 Å². The van der Waals surface area contributed by atoms with Crippen LogP contribution in [0.5, 0.6) is 0 Å². The zero-order valence-corrected chi connectivity index (χ0v) is 20.7. The summed E-state index contributed by atoms with van der Waals surface area (Å²) in [7, 11) is -2.34. The Morgan fingerprint density at radius 1 is 0.543 bits per heavy atom. The van der Waals surface area contributed by atoms with Crippen LogP contribution >= 0.6 is 7.26 Å². The molecular weight excluding hydrogens is 443 g/mol. The third-order valence-electron chi connectivity index (χ3n) is 6.52. The molecule has 5 rings (SSSR count). The van der Waals surface area contributed by atoms with Gasteiger partial charge in [-0.05, 0) is 48.0 Å². The molecule has 0 aliphatic carbocycles. The summed E-state index contributed by atoms with van der Waals surface area (Å²) in [5.74, 6) is 0.165. The lowest BCUT2D eigenvalue weighted by atomic mass is 9.96. The predicted molar refractivity (Wildman–Crippen MR) is 151 cm³/mol. The molecule has 0 saturated heterocycles. The molecule has 0 aliphatic rings. The minimum absolute atomic E-state index is 0.165. The summed E-state index contributed by atoms with van der Waals surface area (Å²) in [6, 6.07) is 49.1. The maximum Gasteiger partial charge on any atom is 0.163 e. The molecule has 0 bridgehead atoms. The Balaban J connectivity index is 2.00. The van der Waals surface area contributed by atoms with Crippen LogP contribution in [0.3, 0.4) is 0 Å². The summed E-state index contributed by atoms with van der Waals surface area (Å²) in [5, 5.41) is 5.04. The van der Waals surface area contributed by atoms with E-state index in [4.69, 9.17) is 0 Å². The van der Waals surface area contributed by atoms with E-state index in [9.17, 15) is 4.79 Å². The fraction of sp³-hybridized carbons (Fsp3) is 0.0606. The van der Waals surface area contributed by atoms with Gasteiger partial charge in [-0.2, -0.15) is 0 Å². The average molecular weight is 472 g/mol. The lowest BCUT2D eigenvalue weighted by Crippen LogP contribution is -2.39. The van der Waals surface area contributed by atoms with Gasteiger partial charge in [0.15, 0.2) is 5.78 Å². The Morgan fingerprint density at radius 2 is 0.971 bits per heavy atom. The normalized spacial score (nSPS) is 11.2. The van der Waals surface area contributed by atoms with Crippen LogP contribution in [0.4, 0.5) is 0 Å². The molecule has 0 amide bonds. The van der Waals surface area contributed by atoms with E-state index in [0.717, 1.165) is 16.7 Å². The van der Waals surface area contributed by atoms with E-state index < -0.39 is 7.26 Å². The highest BCUT2D eigenvalue weighted by Gasteiger charge is 2.49. The summed E-state index contributed by atoms with van der Waals surface area (Å²) < 4.78 is 0. The molecule has 0 heterocycles. The second kappa shape index (κ2) is 10.2. The third kappa shape index (κ3) is 4.14. The smallest absolute Gasteiger partial charge is 0.163 e. The van der Waals surface area contributed by atoms with Crippen LogP contribution in [-0.2, 0) is 0 Å². The predicted octanol–water partition coefficient (Wildman–Crippen LogP) is 6.57. The van der Waals surface area contributed by atoms with Crippen LogP contribution < -0.4 is 21.2 Å². The third-order valence-corrected chi connectivity index (χ3v) is 10.8. The number of carbonyl (C=O) groups excluding carboxylic acids is 1. The van der Waals surface area contributed by atoms with Gasteiger partial charge in [0.05, 0.1) is 0 Å². The minimum atomic E-state index is -2.34. The van der Waals surface area contributed by atoms with Crippen molar-refractivity contribution in [3.63, 3.8) is 0 Å². The van der Waals surface area contributed by atoms with Crippen LogP contribution in [0.25, 0.3) is 11.1 Å². The molecule has 0 fully saturated rings. The Morgan fingerprint density at radius 3 is 1.40 bits per heavy atom. The number of hydrogen-bond acceptors (Lipinski definition) is 1. The quantitative estimate of drug-likeness (QED) is 0.194. The molecule has 0 unspecified atom stereocenters. The monoisotopic (exact) mass is 471 g/mol. The average Bonchev–Trinajstić information content (AvgIpc) is 2.95. The Labute approximate surface area is 208 Å². The summed E-state index contributed by atoms with van der Waals surface area (Å²) in [6.07, 6.45) is 0.469. The molecule has 0 spiro atoms. The van der Waals surface area contributed by atoms with Crippen molar-refractivity contribution < 1.29 is 4.79 Å². The van der Waals surface area contributed by atoms with Gasteiger partial charge in [-0.1, -0.05) is 104 Å². The van der Waals surface area contributed by atoms with Crippen LogP contribution in [-0.4, -0.2) is 5.78 Å². The molecular formula is C33H28OP+. The number of carbonyl (C=O) groups is 1. The zero-order valence-electron chi connectivity index (χ0n) is 19.8. The highest BCUT2D eigenvalue weighted by atomic mass is 31.2. The second-order valence-corrected chi connectivity index (χ2v) is 11.9. The fourth-order valence-corrected chi connectivity index (χ4v) is 9.45. The van der Waals surface area contributed by atoms with Gasteiger partial charge in [0.2, 0.25) is 0 Å². The van der Waals surface area contributed by atoms with Crippen molar-refractivity contribution in [2.75, 3.05) is 0 Å². The van der Waals surface area contributed by atoms with E-state index in [1.807, 2.05) is 19.1 Å². The molecule has 0 N–H and O–H groups in total. The van der Waals surface area contributed by atoms with Crippen LogP contribution in [0.15, 0.2) is 140 Å². The topological polar surface area (TPSA) is 17.1 Å². The lowest BCUT2D eigenvalue weighted by molar-refractivity contribution is 0.0989. The van der Waals surface area contributed by atoms with Crippen molar-refractivity contribution in [1.29, 1.82) is 0 Å². The van der Waals surface area contributed by atoms with Gasteiger partial charge in [0, 0.05) is 17.5 Å². The summed E-state index contributed by atoms with van der Waals surface area (Å²) in [6.45, 7) is 1.94. The van der Waals surface area contributed by atoms with Crippen molar-refractivity contribution in [2.24, 2.45) is 0 Å². The first-order valence-electron chi connectivity index (χ1n) is 12.0. The molecule has 0 aliphatic heterocycles. The maximum atomic E-state index is 13.3. The highest BCUT2D eigenvalue weighted by Crippen LogP contribution is 2.56. The van der Waals surface area contributed by atoms with Crippen molar-refractivity contribution >= 4 is 34.3 Å². The van der Waals surface area contributed by atoms with Gasteiger partial charge in [-0.3, -0.25) is 4.79 Å². The van der Waals surface area contributed by atoms with Crippen molar-refractivity contribution in [3.05, 3.63) is 145 Å². The molecule has 0 saturated carbocycles. The number of hydrogen-bond donors (Lipinski definition) is 0. The first kappa shape index (κ1) is 23.0. The standard InChI is InChI=1S/C33H28OP/c1-2-31(34)30-24-15-25-32(33(30)26-16-7-3-8-17-26)35(27-18-9-4-10-19-27,28-20-11-5-12-21-28)29-22-13-6-14-23-29/h3-25H,2H2,1H3/q+1. The van der Waals surface area contributed by atoms with Crippen LogP contribution in [0.1, 0.15) is 23.7 Å². The zero-order chi connectivity index (χ0) is 24.1. The van der Waals surface area contributed by atoms with Gasteiger partial charge in [-0.15, -0.1) is 0 Å².